The molecule has 0 atom stereocenters. The fraction of sp³-hybridized carbons (Fsp3) is 0.0800. The number of fused-ring (bicyclic) bond motifs is 4. The van der Waals surface area contributed by atoms with E-state index in [4.69, 9.17) is 0 Å². The van der Waals surface area contributed by atoms with E-state index < -0.39 is 11.7 Å². The van der Waals surface area contributed by atoms with Gasteiger partial charge in [0.2, 0.25) is 0 Å². The maximum Gasteiger partial charge on any atom is 0.419 e. The van der Waals surface area contributed by atoms with Crippen LogP contribution in [-0.4, -0.2) is 19.9 Å². The minimum Gasteiger partial charge on any atom is -0.337 e. The molecular formula is C25H15F3N4. The Labute approximate surface area is 179 Å². The Hall–Kier alpha value is -4.00. The molecule has 1 N–H and O–H groups in total. The molecule has 2 heterocycles. The first-order chi connectivity index (χ1) is 15.4. The largest absolute Gasteiger partial charge is 0.419 e. The molecule has 4 aromatic carbocycles. The number of H-pyrrole nitrogens is 1. The Morgan fingerprint density at radius 3 is 2.38 bits per heavy atom. The summed E-state index contributed by atoms with van der Waals surface area (Å²) in [5, 5.41) is 3.00. The number of rotatable bonds is 1. The molecule has 156 valence electrons. The first kappa shape index (κ1) is 18.7. The molecule has 7 heteroatoms. The maximum absolute atomic E-state index is 14.1. The number of benzene rings is 4. The minimum atomic E-state index is -4.57. The lowest BCUT2D eigenvalue weighted by molar-refractivity contribution is -0.135. The quantitative estimate of drug-likeness (QED) is 0.293. The SMILES string of the molecule is Cc1ccc2c(C(F)(F)F)c3ncnc(-c4nc5cc6ccccc6cc5[nH]4)c3cc2c1. The lowest BCUT2D eigenvalue weighted by atomic mass is 9.97. The number of aromatic amines is 1. The zero-order valence-corrected chi connectivity index (χ0v) is 16.8. The molecule has 6 aromatic rings. The number of aryl methyl sites for hydroxylation is 1. The summed E-state index contributed by atoms with van der Waals surface area (Å²) in [6, 6.07) is 18.5. The molecule has 0 aliphatic rings. The van der Waals surface area contributed by atoms with E-state index in [1.54, 1.807) is 18.2 Å². The van der Waals surface area contributed by atoms with Crippen LogP contribution in [0, 0.1) is 6.92 Å². The monoisotopic (exact) mass is 428 g/mol. The highest BCUT2D eigenvalue weighted by Gasteiger charge is 2.36. The second-order valence-electron chi connectivity index (χ2n) is 7.89. The third-order valence-electron chi connectivity index (χ3n) is 5.75. The lowest BCUT2D eigenvalue weighted by Gasteiger charge is -2.15. The molecule has 0 aliphatic heterocycles. The normalized spacial score (nSPS) is 12.4. The first-order valence-electron chi connectivity index (χ1n) is 10.0. The Bertz CT molecular complexity index is 1630. The number of aromatic nitrogens is 4. The minimum absolute atomic E-state index is 0.121. The molecule has 0 fully saturated rings. The summed E-state index contributed by atoms with van der Waals surface area (Å²) in [5.74, 6) is 0.405. The number of alkyl halides is 3. The molecule has 0 radical (unpaired) electrons. The zero-order valence-electron chi connectivity index (χ0n) is 16.8. The summed E-state index contributed by atoms with van der Waals surface area (Å²) in [5.41, 5.74) is 1.83. The molecule has 0 bridgehead atoms. The maximum atomic E-state index is 14.1. The van der Waals surface area contributed by atoms with Crippen LogP contribution in [0.3, 0.4) is 0 Å². The molecule has 0 amide bonds. The fourth-order valence-electron chi connectivity index (χ4n) is 4.33. The van der Waals surface area contributed by atoms with Gasteiger partial charge in [0.05, 0.1) is 22.1 Å². The first-order valence-corrected chi connectivity index (χ1v) is 10.0. The second-order valence-corrected chi connectivity index (χ2v) is 7.89. The summed E-state index contributed by atoms with van der Waals surface area (Å²) >= 11 is 0. The Kier molecular flexibility index (Phi) is 3.81. The highest BCUT2D eigenvalue weighted by molar-refractivity contribution is 6.06. The van der Waals surface area contributed by atoms with Crippen LogP contribution in [0.25, 0.3) is 55.0 Å². The van der Waals surface area contributed by atoms with Crippen molar-refractivity contribution in [2.45, 2.75) is 13.1 Å². The Balaban J connectivity index is 1.69. The van der Waals surface area contributed by atoms with Gasteiger partial charge in [0.15, 0.2) is 5.82 Å². The Morgan fingerprint density at radius 2 is 1.59 bits per heavy atom. The van der Waals surface area contributed by atoms with Crippen molar-refractivity contribution in [2.24, 2.45) is 0 Å². The lowest BCUT2D eigenvalue weighted by Crippen LogP contribution is -2.08. The Morgan fingerprint density at radius 1 is 0.812 bits per heavy atom. The molecular weight excluding hydrogens is 413 g/mol. The van der Waals surface area contributed by atoms with E-state index in [1.165, 1.54) is 6.07 Å². The molecule has 0 aliphatic carbocycles. The van der Waals surface area contributed by atoms with Gasteiger partial charge in [-0.15, -0.1) is 0 Å². The molecule has 32 heavy (non-hydrogen) atoms. The fourth-order valence-corrected chi connectivity index (χ4v) is 4.33. The van der Waals surface area contributed by atoms with E-state index in [2.05, 4.69) is 19.9 Å². The average Bonchev–Trinajstić information content (AvgIpc) is 3.17. The third-order valence-corrected chi connectivity index (χ3v) is 5.75. The summed E-state index contributed by atoms with van der Waals surface area (Å²) in [4.78, 5) is 16.2. The summed E-state index contributed by atoms with van der Waals surface area (Å²) in [6.45, 7) is 1.85. The van der Waals surface area contributed by atoms with Crippen LogP contribution >= 0.6 is 0 Å². The molecule has 0 saturated heterocycles. The smallest absolute Gasteiger partial charge is 0.337 e. The number of nitrogens with zero attached hydrogens (tertiary/aromatic N) is 3. The van der Waals surface area contributed by atoms with Crippen LogP contribution in [0.2, 0.25) is 0 Å². The van der Waals surface area contributed by atoms with E-state index in [9.17, 15) is 13.2 Å². The van der Waals surface area contributed by atoms with Crippen LogP contribution in [-0.2, 0) is 6.18 Å². The van der Waals surface area contributed by atoms with Gasteiger partial charge in [-0.3, -0.25) is 0 Å². The van der Waals surface area contributed by atoms with Crippen molar-refractivity contribution in [3.8, 4) is 11.5 Å². The van der Waals surface area contributed by atoms with E-state index in [0.717, 1.165) is 33.7 Å². The van der Waals surface area contributed by atoms with Gasteiger partial charge in [-0.05, 0) is 46.7 Å². The number of nitrogens with one attached hydrogen (secondary N) is 1. The van der Waals surface area contributed by atoms with Gasteiger partial charge in [-0.1, -0.05) is 48.0 Å². The van der Waals surface area contributed by atoms with Gasteiger partial charge in [0.25, 0.3) is 0 Å². The van der Waals surface area contributed by atoms with Gasteiger partial charge in [-0.2, -0.15) is 13.2 Å². The van der Waals surface area contributed by atoms with Crippen LogP contribution < -0.4 is 0 Å². The van der Waals surface area contributed by atoms with Gasteiger partial charge < -0.3 is 4.98 Å². The summed E-state index contributed by atoms with van der Waals surface area (Å²) < 4.78 is 42.4. The molecule has 6 rings (SSSR count). The number of hydrogen-bond acceptors (Lipinski definition) is 3. The van der Waals surface area contributed by atoms with Crippen molar-refractivity contribution in [2.75, 3.05) is 0 Å². The van der Waals surface area contributed by atoms with Gasteiger partial charge >= 0.3 is 6.18 Å². The van der Waals surface area contributed by atoms with Crippen molar-refractivity contribution in [3.05, 3.63) is 78.1 Å². The third kappa shape index (κ3) is 2.81. The molecule has 4 nitrogen and oxygen atoms in total. The van der Waals surface area contributed by atoms with Crippen molar-refractivity contribution in [1.29, 1.82) is 0 Å². The van der Waals surface area contributed by atoms with Gasteiger partial charge in [0.1, 0.15) is 12.0 Å². The van der Waals surface area contributed by atoms with Crippen molar-refractivity contribution in [3.63, 3.8) is 0 Å². The van der Waals surface area contributed by atoms with Crippen LogP contribution in [0.1, 0.15) is 11.1 Å². The molecule has 0 spiro atoms. The zero-order chi connectivity index (χ0) is 22.0. The number of hydrogen-bond donors (Lipinski definition) is 1. The highest BCUT2D eigenvalue weighted by Crippen LogP contribution is 2.41. The van der Waals surface area contributed by atoms with Crippen LogP contribution in [0.15, 0.2) is 67.0 Å². The topological polar surface area (TPSA) is 54.5 Å². The predicted octanol–water partition coefficient (Wildman–Crippen LogP) is 6.81. The van der Waals surface area contributed by atoms with Gasteiger partial charge in [0, 0.05) is 5.39 Å². The molecule has 0 unspecified atom stereocenters. The van der Waals surface area contributed by atoms with E-state index in [-0.39, 0.29) is 10.9 Å². The number of halogens is 3. The second kappa shape index (κ2) is 6.50. The summed E-state index contributed by atoms with van der Waals surface area (Å²) in [7, 11) is 0. The number of imidazole rings is 1. The highest BCUT2D eigenvalue weighted by atomic mass is 19.4. The van der Waals surface area contributed by atoms with Crippen LogP contribution in [0.4, 0.5) is 13.2 Å². The van der Waals surface area contributed by atoms with Crippen LogP contribution in [0.5, 0.6) is 0 Å². The van der Waals surface area contributed by atoms with Crippen molar-refractivity contribution >= 4 is 43.5 Å². The summed E-state index contributed by atoms with van der Waals surface area (Å²) in [6.07, 6.45) is -3.40. The van der Waals surface area contributed by atoms with Crippen molar-refractivity contribution in [1.82, 2.24) is 19.9 Å². The van der Waals surface area contributed by atoms with Gasteiger partial charge in [-0.25, -0.2) is 15.0 Å². The van der Waals surface area contributed by atoms with E-state index in [1.807, 2.05) is 43.3 Å². The average molecular weight is 428 g/mol. The van der Waals surface area contributed by atoms with E-state index >= 15 is 0 Å². The predicted molar refractivity (Wildman–Crippen MR) is 119 cm³/mol. The van der Waals surface area contributed by atoms with Crippen molar-refractivity contribution < 1.29 is 13.2 Å². The van der Waals surface area contributed by atoms with E-state index in [0.29, 0.717) is 22.3 Å². The standard InChI is InChI=1S/C25H15F3N4/c1-13-6-7-17-16(8-13)9-18-22(21(17)25(26,27)28)29-12-30-23(18)24-31-19-10-14-4-2-3-5-15(14)11-20(19)32-24/h2-12H,1H3,(H,31,32). The molecule has 0 saturated carbocycles. The molecule has 2 aromatic heterocycles.